The molecule has 0 saturated heterocycles. The monoisotopic (exact) mass is 549 g/mol. The number of carbonyl (C=O) groups is 1. The lowest BCUT2D eigenvalue weighted by atomic mass is 9.85. The van der Waals surface area contributed by atoms with E-state index in [1.807, 2.05) is 0 Å². The summed E-state index contributed by atoms with van der Waals surface area (Å²) < 4.78 is 89.3. The minimum atomic E-state index is -4.39. The second-order valence-corrected chi connectivity index (χ2v) is 10.3. The maximum atomic E-state index is 15.0. The third kappa shape index (κ3) is 5.19. The highest BCUT2D eigenvalue weighted by molar-refractivity contribution is 8.15. The standard InChI is InChI=1S/C22H21F6N5O3S/c1-20(14-5-21(14,8-35-2)37-19(29)33-20)11-3-10(4-12(23)16(11)24)32-17(34)13-6-31-15(7-30-13)36-9-22(27,28)18(25)26/h3-4,6-7,14,18H,5,8-9H2,1-2H3,(H2,29,33)(H,32,34)/t14-,20+,21+/m0/s1. The zero-order valence-corrected chi connectivity index (χ0v) is 20.2. The van der Waals surface area contributed by atoms with Gasteiger partial charge in [-0.1, -0.05) is 11.8 Å². The molecule has 0 spiro atoms. The molecule has 4 rings (SSSR count). The van der Waals surface area contributed by atoms with Gasteiger partial charge >= 0.3 is 12.3 Å². The minimum Gasteiger partial charge on any atom is -0.470 e. The molecule has 1 aliphatic carbocycles. The topological polar surface area (TPSA) is 112 Å². The van der Waals surface area contributed by atoms with Gasteiger partial charge in [-0.25, -0.2) is 27.5 Å². The van der Waals surface area contributed by atoms with Crippen molar-refractivity contribution in [2.45, 2.75) is 36.0 Å². The Morgan fingerprint density at radius 3 is 2.65 bits per heavy atom. The third-order valence-electron chi connectivity index (χ3n) is 6.17. The van der Waals surface area contributed by atoms with Crippen molar-refractivity contribution in [1.29, 1.82) is 0 Å². The van der Waals surface area contributed by atoms with Crippen molar-refractivity contribution in [1.82, 2.24) is 9.97 Å². The maximum Gasteiger partial charge on any atom is 0.340 e. The highest BCUT2D eigenvalue weighted by atomic mass is 32.2. The van der Waals surface area contributed by atoms with Crippen LogP contribution in [-0.2, 0) is 10.3 Å². The summed E-state index contributed by atoms with van der Waals surface area (Å²) in [7, 11) is 1.53. The summed E-state index contributed by atoms with van der Waals surface area (Å²) in [6, 6.07) is 2.02. The number of thioether (sulfide) groups is 1. The Balaban J connectivity index is 1.53. The number of aliphatic imine (C=N–C) groups is 1. The molecule has 37 heavy (non-hydrogen) atoms. The molecule has 0 radical (unpaired) electrons. The predicted octanol–water partition coefficient (Wildman–Crippen LogP) is 3.97. The molecule has 1 aromatic heterocycles. The van der Waals surface area contributed by atoms with Gasteiger partial charge in [-0.3, -0.25) is 9.79 Å². The van der Waals surface area contributed by atoms with E-state index in [1.54, 1.807) is 6.92 Å². The van der Waals surface area contributed by atoms with E-state index in [9.17, 15) is 31.1 Å². The molecule has 3 N–H and O–H groups in total. The van der Waals surface area contributed by atoms with Crippen LogP contribution in [0.3, 0.4) is 0 Å². The minimum absolute atomic E-state index is 0.108. The van der Waals surface area contributed by atoms with Gasteiger partial charge in [-0.15, -0.1) is 0 Å². The molecule has 2 aromatic rings. The SMILES string of the molecule is COC[C@]12C[C@H]1[C@@](C)(c1cc(NC(=O)c3cnc(OCC(F)(F)C(F)F)cn3)cc(F)c1F)N=C(N)S2. The van der Waals surface area contributed by atoms with Gasteiger partial charge in [0.05, 0.1) is 29.3 Å². The number of hydrogen-bond donors (Lipinski definition) is 2. The van der Waals surface area contributed by atoms with Crippen molar-refractivity contribution < 1.29 is 40.6 Å². The molecule has 8 nitrogen and oxygen atoms in total. The van der Waals surface area contributed by atoms with Crippen LogP contribution in [0, 0.1) is 17.6 Å². The summed E-state index contributed by atoms with van der Waals surface area (Å²) in [5.41, 5.74) is 4.23. The molecule has 3 atom stereocenters. The van der Waals surface area contributed by atoms with E-state index in [1.165, 1.54) is 24.9 Å². The van der Waals surface area contributed by atoms with E-state index < -0.39 is 52.7 Å². The van der Waals surface area contributed by atoms with Gasteiger partial charge in [0.2, 0.25) is 5.88 Å². The molecule has 1 aromatic carbocycles. The van der Waals surface area contributed by atoms with Crippen LogP contribution in [-0.4, -0.2) is 58.5 Å². The van der Waals surface area contributed by atoms with Gasteiger partial charge in [0, 0.05) is 30.3 Å². The van der Waals surface area contributed by atoms with Crippen molar-refractivity contribution in [2.75, 3.05) is 25.6 Å². The second kappa shape index (κ2) is 9.67. The molecule has 15 heteroatoms. The van der Waals surface area contributed by atoms with E-state index in [0.29, 0.717) is 13.0 Å². The number of benzene rings is 1. The zero-order chi connectivity index (χ0) is 27.2. The van der Waals surface area contributed by atoms with E-state index in [-0.39, 0.29) is 28.0 Å². The number of ether oxygens (including phenoxy) is 2. The number of fused-ring (bicyclic) bond motifs is 1. The molecule has 1 amide bonds. The fourth-order valence-corrected chi connectivity index (χ4v) is 5.75. The van der Waals surface area contributed by atoms with E-state index in [0.717, 1.165) is 18.5 Å². The lowest BCUT2D eigenvalue weighted by Gasteiger charge is -2.34. The van der Waals surface area contributed by atoms with Crippen molar-refractivity contribution >= 4 is 28.5 Å². The molecule has 0 unspecified atom stereocenters. The van der Waals surface area contributed by atoms with Crippen LogP contribution in [0.4, 0.5) is 32.0 Å². The van der Waals surface area contributed by atoms with Crippen LogP contribution < -0.4 is 15.8 Å². The Morgan fingerprint density at radius 1 is 1.30 bits per heavy atom. The summed E-state index contributed by atoms with van der Waals surface area (Å²) in [5, 5.41) is 2.57. The number of hydrogen-bond acceptors (Lipinski definition) is 8. The van der Waals surface area contributed by atoms with Gasteiger partial charge in [-0.05, 0) is 19.4 Å². The number of nitrogens with two attached hydrogens (primary N) is 1. The lowest BCUT2D eigenvalue weighted by Crippen LogP contribution is -2.38. The van der Waals surface area contributed by atoms with E-state index in [4.69, 9.17) is 10.5 Å². The summed E-state index contributed by atoms with van der Waals surface area (Å²) in [5.74, 6) is -8.37. The molecular formula is C22H21F6N5O3S. The van der Waals surface area contributed by atoms with Crippen molar-refractivity contribution in [3.63, 3.8) is 0 Å². The highest BCUT2D eigenvalue weighted by Crippen LogP contribution is 2.66. The molecule has 1 aliphatic heterocycles. The van der Waals surface area contributed by atoms with Crippen LogP contribution in [0.5, 0.6) is 5.88 Å². The van der Waals surface area contributed by atoms with Gasteiger partial charge in [0.15, 0.2) is 23.4 Å². The summed E-state index contributed by atoms with van der Waals surface area (Å²) in [6.45, 7) is 0.332. The molecule has 2 heterocycles. The second-order valence-electron chi connectivity index (χ2n) is 8.82. The first-order valence-corrected chi connectivity index (χ1v) is 11.6. The highest BCUT2D eigenvalue weighted by Gasteiger charge is 2.66. The Bertz CT molecular complexity index is 1230. The molecule has 2 aliphatic rings. The molecule has 0 bridgehead atoms. The first-order chi connectivity index (χ1) is 17.3. The number of aromatic nitrogens is 2. The number of halogens is 6. The molecule has 200 valence electrons. The number of anilines is 1. The first kappa shape index (κ1) is 27.0. The number of nitrogens with zero attached hydrogens (tertiary/aromatic N) is 3. The number of carbonyl (C=O) groups excluding carboxylic acids is 1. The molecular weight excluding hydrogens is 528 g/mol. The fraction of sp³-hybridized carbons (Fsp3) is 0.455. The Morgan fingerprint density at radius 2 is 2.03 bits per heavy atom. The molecule has 1 saturated carbocycles. The van der Waals surface area contributed by atoms with Crippen LogP contribution in [0.2, 0.25) is 0 Å². The first-order valence-electron chi connectivity index (χ1n) is 10.8. The van der Waals surface area contributed by atoms with Gasteiger partial charge < -0.3 is 20.5 Å². The van der Waals surface area contributed by atoms with Crippen LogP contribution in [0.15, 0.2) is 29.5 Å². The summed E-state index contributed by atoms with van der Waals surface area (Å²) in [4.78, 5) is 24.3. The van der Waals surface area contributed by atoms with Gasteiger partial charge in [0.1, 0.15) is 5.69 Å². The van der Waals surface area contributed by atoms with Crippen molar-refractivity contribution in [3.8, 4) is 5.88 Å². The Hall–Kier alpha value is -3.07. The fourth-order valence-electron chi connectivity index (χ4n) is 4.30. The van der Waals surface area contributed by atoms with Crippen LogP contribution in [0.25, 0.3) is 0 Å². The summed E-state index contributed by atoms with van der Waals surface area (Å²) >= 11 is 1.33. The third-order valence-corrected chi connectivity index (χ3v) is 7.44. The summed E-state index contributed by atoms with van der Waals surface area (Å²) in [6.07, 6.45) is -1.69. The maximum absolute atomic E-state index is 15.0. The number of rotatable bonds is 9. The quantitative estimate of drug-likeness (QED) is 0.456. The normalized spacial score (nSPS) is 24.9. The Labute approximate surface area is 211 Å². The average molecular weight is 549 g/mol. The number of methoxy groups -OCH3 is 1. The zero-order valence-electron chi connectivity index (χ0n) is 19.4. The van der Waals surface area contributed by atoms with E-state index >= 15 is 0 Å². The number of amides is 1. The van der Waals surface area contributed by atoms with Crippen molar-refractivity contribution in [2.24, 2.45) is 16.6 Å². The van der Waals surface area contributed by atoms with Crippen LogP contribution >= 0.6 is 11.8 Å². The lowest BCUT2D eigenvalue weighted by molar-refractivity contribution is -0.148. The smallest absolute Gasteiger partial charge is 0.340 e. The van der Waals surface area contributed by atoms with E-state index in [2.05, 4.69) is 25.0 Å². The predicted molar refractivity (Wildman–Crippen MR) is 122 cm³/mol. The number of amidine groups is 1. The number of nitrogens with one attached hydrogen (secondary N) is 1. The van der Waals surface area contributed by atoms with Crippen LogP contribution in [0.1, 0.15) is 29.4 Å². The Kier molecular flexibility index (Phi) is 7.05. The van der Waals surface area contributed by atoms with Gasteiger partial charge in [-0.2, -0.15) is 8.78 Å². The van der Waals surface area contributed by atoms with Crippen molar-refractivity contribution in [3.05, 3.63) is 47.4 Å². The van der Waals surface area contributed by atoms with Gasteiger partial charge in [0.25, 0.3) is 5.91 Å². The molecule has 1 fully saturated rings. The largest absolute Gasteiger partial charge is 0.470 e. The average Bonchev–Trinajstić information content (AvgIpc) is 3.55. The number of alkyl halides is 4.